The van der Waals surface area contributed by atoms with E-state index in [2.05, 4.69) is 17.0 Å². The van der Waals surface area contributed by atoms with Crippen molar-refractivity contribution < 1.29 is 0 Å². The molecule has 1 heterocycles. The molecule has 0 bridgehead atoms. The predicted octanol–water partition coefficient (Wildman–Crippen LogP) is 3.43. The molecule has 2 N–H and O–H groups in total. The average molecular weight is 244 g/mol. The molecule has 0 unspecified atom stereocenters. The van der Waals surface area contributed by atoms with Crippen molar-refractivity contribution in [2.24, 2.45) is 5.41 Å². The van der Waals surface area contributed by atoms with Crippen LogP contribution in [0, 0.1) is 5.41 Å². The summed E-state index contributed by atoms with van der Waals surface area (Å²) in [6, 6.07) is 8.28. The van der Waals surface area contributed by atoms with Crippen molar-refractivity contribution in [2.45, 2.75) is 45.1 Å². The maximum absolute atomic E-state index is 6.02. The Labute approximate surface area is 110 Å². The lowest BCUT2D eigenvalue weighted by Crippen LogP contribution is -2.55. The van der Waals surface area contributed by atoms with Crippen LogP contribution < -0.4 is 5.73 Å². The Balaban J connectivity index is 1.57. The van der Waals surface area contributed by atoms with Crippen molar-refractivity contribution in [1.82, 2.24) is 4.90 Å². The first-order valence-corrected chi connectivity index (χ1v) is 7.33. The molecule has 2 heteroatoms. The zero-order chi connectivity index (χ0) is 12.4. The lowest BCUT2D eigenvalue weighted by atomic mass is 9.73. The number of nitrogen functional groups attached to an aromatic ring is 1. The molecule has 1 saturated heterocycles. The van der Waals surface area contributed by atoms with Gasteiger partial charge in [-0.25, -0.2) is 0 Å². The zero-order valence-corrected chi connectivity index (χ0v) is 11.2. The molecule has 0 amide bonds. The number of nitrogens with two attached hydrogens (primary N) is 1. The molecule has 18 heavy (non-hydrogen) atoms. The summed E-state index contributed by atoms with van der Waals surface area (Å²) >= 11 is 0. The number of likely N-dealkylation sites (tertiary alicyclic amines) is 1. The van der Waals surface area contributed by atoms with Crippen LogP contribution in [0.15, 0.2) is 24.3 Å². The fourth-order valence-electron chi connectivity index (χ4n) is 3.73. The summed E-state index contributed by atoms with van der Waals surface area (Å²) in [5.74, 6) is 0. The molecular formula is C16H24N2. The van der Waals surface area contributed by atoms with Gasteiger partial charge in [-0.2, -0.15) is 0 Å². The van der Waals surface area contributed by atoms with Crippen molar-refractivity contribution >= 4 is 5.69 Å². The quantitative estimate of drug-likeness (QED) is 0.808. The van der Waals surface area contributed by atoms with E-state index in [1.165, 1.54) is 57.2 Å². The Kier molecular flexibility index (Phi) is 3.29. The van der Waals surface area contributed by atoms with Crippen molar-refractivity contribution in [2.75, 3.05) is 18.8 Å². The lowest BCUT2D eigenvalue weighted by Gasteiger charge is -2.50. The topological polar surface area (TPSA) is 29.3 Å². The first-order chi connectivity index (χ1) is 8.77. The number of anilines is 1. The second-order valence-corrected chi connectivity index (χ2v) is 6.26. The summed E-state index contributed by atoms with van der Waals surface area (Å²) in [6.07, 6.45) is 8.70. The number of benzene rings is 1. The summed E-state index contributed by atoms with van der Waals surface area (Å²) < 4.78 is 0. The summed E-state index contributed by atoms with van der Waals surface area (Å²) in [4.78, 5) is 2.57. The van der Waals surface area contributed by atoms with E-state index in [-0.39, 0.29) is 0 Å². The molecule has 1 spiro atoms. The number of nitrogens with zero attached hydrogens (tertiary/aromatic N) is 1. The van der Waals surface area contributed by atoms with Gasteiger partial charge in [0.2, 0.25) is 0 Å². The largest absolute Gasteiger partial charge is 0.398 e. The van der Waals surface area contributed by atoms with Gasteiger partial charge in [-0.1, -0.05) is 43.9 Å². The molecule has 2 fully saturated rings. The fourth-order valence-corrected chi connectivity index (χ4v) is 3.73. The molecule has 2 nitrogen and oxygen atoms in total. The van der Waals surface area contributed by atoms with E-state index in [4.69, 9.17) is 5.73 Å². The van der Waals surface area contributed by atoms with Gasteiger partial charge in [0, 0.05) is 25.3 Å². The molecule has 2 aliphatic rings. The van der Waals surface area contributed by atoms with Gasteiger partial charge >= 0.3 is 0 Å². The Morgan fingerprint density at radius 2 is 1.67 bits per heavy atom. The van der Waals surface area contributed by atoms with Crippen molar-refractivity contribution in [3.05, 3.63) is 29.8 Å². The highest BCUT2D eigenvalue weighted by molar-refractivity contribution is 5.46. The van der Waals surface area contributed by atoms with Gasteiger partial charge in [0.15, 0.2) is 0 Å². The van der Waals surface area contributed by atoms with Crippen LogP contribution in [0.3, 0.4) is 0 Å². The van der Waals surface area contributed by atoms with E-state index >= 15 is 0 Å². The average Bonchev–Trinajstić information content (AvgIpc) is 2.57. The molecule has 1 aromatic rings. The Bertz CT molecular complexity index is 397. The minimum absolute atomic E-state index is 0.667. The van der Waals surface area contributed by atoms with Gasteiger partial charge < -0.3 is 5.73 Å². The van der Waals surface area contributed by atoms with E-state index < -0.39 is 0 Å². The van der Waals surface area contributed by atoms with Gasteiger partial charge in [-0.15, -0.1) is 0 Å². The molecule has 1 aromatic carbocycles. The third-order valence-corrected chi connectivity index (χ3v) is 4.73. The molecule has 1 aliphatic carbocycles. The van der Waals surface area contributed by atoms with Crippen LogP contribution in [0.1, 0.15) is 44.1 Å². The Hall–Kier alpha value is -1.02. The highest BCUT2D eigenvalue weighted by Crippen LogP contribution is 2.43. The maximum atomic E-state index is 6.02. The Morgan fingerprint density at radius 3 is 2.33 bits per heavy atom. The lowest BCUT2D eigenvalue weighted by molar-refractivity contribution is -0.0175. The molecule has 98 valence electrons. The van der Waals surface area contributed by atoms with Crippen LogP contribution in [0.4, 0.5) is 5.69 Å². The monoisotopic (exact) mass is 244 g/mol. The molecule has 3 rings (SSSR count). The van der Waals surface area contributed by atoms with Gasteiger partial charge in [-0.05, 0) is 29.9 Å². The van der Waals surface area contributed by atoms with Gasteiger partial charge in [0.25, 0.3) is 0 Å². The minimum Gasteiger partial charge on any atom is -0.398 e. The van der Waals surface area contributed by atoms with Gasteiger partial charge in [-0.3, -0.25) is 4.90 Å². The van der Waals surface area contributed by atoms with Gasteiger partial charge in [0.05, 0.1) is 0 Å². The summed E-state index contributed by atoms with van der Waals surface area (Å²) in [5, 5.41) is 0. The number of rotatable bonds is 2. The smallest absolute Gasteiger partial charge is 0.0359 e. The normalized spacial score (nSPS) is 23.6. The summed E-state index contributed by atoms with van der Waals surface area (Å²) in [6.45, 7) is 3.62. The van der Waals surface area contributed by atoms with E-state index in [1.54, 1.807) is 0 Å². The third-order valence-electron chi connectivity index (χ3n) is 4.73. The van der Waals surface area contributed by atoms with Crippen LogP contribution in [0.5, 0.6) is 0 Å². The number of para-hydroxylation sites is 1. The van der Waals surface area contributed by atoms with Crippen LogP contribution in [-0.4, -0.2) is 18.0 Å². The Morgan fingerprint density at radius 1 is 1.00 bits per heavy atom. The van der Waals surface area contributed by atoms with E-state index in [0.29, 0.717) is 5.41 Å². The predicted molar refractivity (Wildman–Crippen MR) is 76.3 cm³/mol. The molecule has 0 atom stereocenters. The maximum Gasteiger partial charge on any atom is 0.0359 e. The SMILES string of the molecule is Nc1ccccc1CN1CC2(CCCCCC2)C1. The second kappa shape index (κ2) is 4.93. The zero-order valence-electron chi connectivity index (χ0n) is 11.2. The molecule has 0 radical (unpaired) electrons. The molecular weight excluding hydrogens is 220 g/mol. The standard InChI is InChI=1S/C16H24N2/c17-15-8-4-3-7-14(15)11-18-12-16(13-18)9-5-1-2-6-10-16/h3-4,7-8H,1-2,5-6,9-13,17H2. The molecule has 1 aliphatic heterocycles. The number of hydrogen-bond donors (Lipinski definition) is 1. The van der Waals surface area contributed by atoms with E-state index in [0.717, 1.165) is 12.2 Å². The fraction of sp³-hybridized carbons (Fsp3) is 0.625. The van der Waals surface area contributed by atoms with Crippen molar-refractivity contribution in [3.8, 4) is 0 Å². The van der Waals surface area contributed by atoms with Gasteiger partial charge in [0.1, 0.15) is 0 Å². The summed E-state index contributed by atoms with van der Waals surface area (Å²) in [5.41, 5.74) is 8.92. The van der Waals surface area contributed by atoms with Crippen molar-refractivity contribution in [3.63, 3.8) is 0 Å². The minimum atomic E-state index is 0.667. The molecule has 0 aromatic heterocycles. The van der Waals surface area contributed by atoms with Crippen molar-refractivity contribution in [1.29, 1.82) is 0 Å². The van der Waals surface area contributed by atoms with Crippen LogP contribution in [-0.2, 0) is 6.54 Å². The first kappa shape index (κ1) is 12.0. The third kappa shape index (κ3) is 2.39. The van der Waals surface area contributed by atoms with Crippen LogP contribution in [0.25, 0.3) is 0 Å². The highest BCUT2D eigenvalue weighted by Gasteiger charge is 2.42. The van der Waals surface area contributed by atoms with Crippen LogP contribution in [0.2, 0.25) is 0 Å². The second-order valence-electron chi connectivity index (χ2n) is 6.26. The number of hydrogen-bond acceptors (Lipinski definition) is 2. The van der Waals surface area contributed by atoms with E-state index in [1.807, 2.05) is 12.1 Å². The van der Waals surface area contributed by atoms with E-state index in [9.17, 15) is 0 Å². The van der Waals surface area contributed by atoms with Crippen LogP contribution >= 0.6 is 0 Å². The summed E-state index contributed by atoms with van der Waals surface area (Å²) in [7, 11) is 0. The first-order valence-electron chi connectivity index (χ1n) is 7.33. The molecule has 1 saturated carbocycles. The highest BCUT2D eigenvalue weighted by atomic mass is 15.2.